The third kappa shape index (κ3) is 3.21. The summed E-state index contributed by atoms with van der Waals surface area (Å²) in [6.07, 6.45) is 5.16. The van der Waals surface area contributed by atoms with Gasteiger partial charge in [0.15, 0.2) is 0 Å². The van der Waals surface area contributed by atoms with Crippen LogP contribution in [0.1, 0.15) is 41.6 Å². The maximum atomic E-state index is 12.7. The number of amides is 2. The zero-order valence-electron chi connectivity index (χ0n) is 14.5. The fourth-order valence-electron chi connectivity index (χ4n) is 3.95. The minimum Gasteiger partial charge on any atom is -0.322 e. The lowest BCUT2D eigenvalue weighted by molar-refractivity contribution is -0.122. The molecular weight excluding hydrogens is 348 g/mol. The van der Waals surface area contributed by atoms with E-state index in [1.54, 1.807) is 24.3 Å². The van der Waals surface area contributed by atoms with Gasteiger partial charge in [0, 0.05) is 23.8 Å². The van der Waals surface area contributed by atoms with Crippen LogP contribution in [0.3, 0.4) is 0 Å². The molecule has 4 rings (SSSR count). The van der Waals surface area contributed by atoms with Gasteiger partial charge in [-0.1, -0.05) is 36.6 Å². The minimum absolute atomic E-state index is 0.181. The molecule has 0 atom stereocenters. The predicted molar refractivity (Wildman–Crippen MR) is 104 cm³/mol. The summed E-state index contributed by atoms with van der Waals surface area (Å²) in [5.41, 5.74) is 3.27. The van der Waals surface area contributed by atoms with Crippen LogP contribution in [-0.4, -0.2) is 18.4 Å². The highest BCUT2D eigenvalue weighted by atomic mass is 35.5. The molecule has 1 saturated carbocycles. The van der Waals surface area contributed by atoms with Crippen molar-refractivity contribution in [2.24, 2.45) is 5.92 Å². The van der Waals surface area contributed by atoms with Crippen LogP contribution in [0, 0.1) is 5.92 Å². The second-order valence-corrected chi connectivity index (χ2v) is 7.41. The van der Waals surface area contributed by atoms with Gasteiger partial charge >= 0.3 is 0 Å². The molecule has 2 aliphatic rings. The van der Waals surface area contributed by atoms with E-state index in [1.807, 2.05) is 23.1 Å². The smallest absolute Gasteiger partial charge is 0.257 e. The number of carbonyl (C=O) groups is 2. The van der Waals surface area contributed by atoms with Gasteiger partial charge in [-0.15, -0.1) is 0 Å². The Morgan fingerprint density at radius 1 is 1.08 bits per heavy atom. The molecule has 134 valence electrons. The second kappa shape index (κ2) is 7.12. The Morgan fingerprint density at radius 2 is 1.85 bits per heavy atom. The highest BCUT2D eigenvalue weighted by molar-refractivity contribution is 6.34. The molecule has 4 nitrogen and oxygen atoms in total. The summed E-state index contributed by atoms with van der Waals surface area (Å²) in [7, 11) is 0. The van der Waals surface area contributed by atoms with E-state index >= 15 is 0 Å². The Kier molecular flexibility index (Phi) is 4.68. The maximum absolute atomic E-state index is 12.7. The molecule has 0 aromatic heterocycles. The number of fused-ring (bicyclic) bond motifs is 1. The van der Waals surface area contributed by atoms with E-state index in [0.717, 1.165) is 55.6 Å². The summed E-state index contributed by atoms with van der Waals surface area (Å²) in [6.45, 7) is 0.729. The molecule has 5 heteroatoms. The average molecular weight is 369 g/mol. The summed E-state index contributed by atoms with van der Waals surface area (Å²) in [5.74, 6) is 0.210. The maximum Gasteiger partial charge on any atom is 0.257 e. The number of nitrogens with one attached hydrogen (secondary N) is 1. The van der Waals surface area contributed by atoms with Crippen LogP contribution >= 0.6 is 11.6 Å². The Balaban J connectivity index is 1.50. The first-order valence-corrected chi connectivity index (χ1v) is 9.51. The van der Waals surface area contributed by atoms with E-state index in [9.17, 15) is 9.59 Å². The van der Waals surface area contributed by atoms with Crippen LogP contribution < -0.4 is 10.2 Å². The largest absolute Gasteiger partial charge is 0.322 e. The first-order chi connectivity index (χ1) is 12.6. The summed E-state index contributed by atoms with van der Waals surface area (Å²) in [5, 5.41) is 3.33. The molecule has 0 spiro atoms. The van der Waals surface area contributed by atoms with Crippen molar-refractivity contribution in [2.75, 3.05) is 16.8 Å². The van der Waals surface area contributed by atoms with Crippen LogP contribution in [-0.2, 0) is 11.2 Å². The Labute approximate surface area is 158 Å². The fraction of sp³-hybridized carbons (Fsp3) is 0.333. The number of hydrogen-bond donors (Lipinski definition) is 1. The molecule has 1 N–H and O–H groups in total. The molecule has 2 aromatic carbocycles. The number of carbonyl (C=O) groups excluding carboxylic acids is 2. The van der Waals surface area contributed by atoms with Crippen LogP contribution in [0.5, 0.6) is 0 Å². The normalized spacial score (nSPS) is 16.6. The molecule has 1 aliphatic heterocycles. The van der Waals surface area contributed by atoms with E-state index in [0.29, 0.717) is 10.6 Å². The van der Waals surface area contributed by atoms with Crippen molar-refractivity contribution in [3.05, 3.63) is 58.6 Å². The van der Waals surface area contributed by atoms with Gasteiger partial charge < -0.3 is 10.2 Å². The molecule has 1 heterocycles. The number of halogens is 1. The van der Waals surface area contributed by atoms with Gasteiger partial charge in [-0.2, -0.15) is 0 Å². The van der Waals surface area contributed by atoms with Crippen LogP contribution in [0.15, 0.2) is 42.5 Å². The molecule has 0 unspecified atom stereocenters. The minimum atomic E-state index is -0.229. The molecule has 0 radical (unpaired) electrons. The lowest BCUT2D eigenvalue weighted by Crippen LogP contribution is -2.33. The van der Waals surface area contributed by atoms with E-state index in [1.165, 1.54) is 0 Å². The number of benzene rings is 2. The standard InChI is InChI=1S/C21H21ClN2O2/c22-18-8-4-3-7-17(18)20(25)23-16-9-10-19-15(13-16)11-12-24(19)21(26)14-5-1-2-6-14/h3-4,7-10,13-14H,1-2,5-6,11-12H2,(H,23,25). The average Bonchev–Trinajstić information content (AvgIpc) is 3.31. The lowest BCUT2D eigenvalue weighted by atomic mass is 10.1. The zero-order valence-corrected chi connectivity index (χ0v) is 15.3. The topological polar surface area (TPSA) is 49.4 Å². The molecule has 0 saturated heterocycles. The fourth-order valence-corrected chi connectivity index (χ4v) is 4.17. The van der Waals surface area contributed by atoms with Crippen molar-refractivity contribution in [3.8, 4) is 0 Å². The summed E-state index contributed by atoms with van der Waals surface area (Å²) in [6, 6.07) is 12.7. The van der Waals surface area contributed by atoms with Gasteiger partial charge in [-0.25, -0.2) is 0 Å². The Hall–Kier alpha value is -2.33. The van der Waals surface area contributed by atoms with Gasteiger partial charge in [0.25, 0.3) is 5.91 Å². The van der Waals surface area contributed by atoms with Crippen molar-refractivity contribution in [2.45, 2.75) is 32.1 Å². The van der Waals surface area contributed by atoms with Gasteiger partial charge in [0.2, 0.25) is 5.91 Å². The van der Waals surface area contributed by atoms with E-state index in [-0.39, 0.29) is 17.7 Å². The van der Waals surface area contributed by atoms with E-state index in [2.05, 4.69) is 5.32 Å². The molecule has 0 bridgehead atoms. The highest BCUT2D eigenvalue weighted by Gasteiger charge is 2.31. The Bertz CT molecular complexity index is 859. The summed E-state index contributed by atoms with van der Waals surface area (Å²) in [4.78, 5) is 27.1. The van der Waals surface area contributed by atoms with Crippen molar-refractivity contribution in [3.63, 3.8) is 0 Å². The monoisotopic (exact) mass is 368 g/mol. The van der Waals surface area contributed by atoms with Crippen molar-refractivity contribution >= 4 is 34.8 Å². The molecule has 1 aliphatic carbocycles. The molecular formula is C21H21ClN2O2. The quantitative estimate of drug-likeness (QED) is 0.855. The molecule has 1 fully saturated rings. The van der Waals surface area contributed by atoms with E-state index < -0.39 is 0 Å². The molecule has 26 heavy (non-hydrogen) atoms. The second-order valence-electron chi connectivity index (χ2n) is 7.00. The third-order valence-electron chi connectivity index (χ3n) is 5.32. The Morgan fingerprint density at radius 3 is 2.62 bits per heavy atom. The first kappa shape index (κ1) is 17.1. The highest BCUT2D eigenvalue weighted by Crippen LogP contribution is 2.35. The van der Waals surface area contributed by atoms with Gasteiger partial charge in [0.05, 0.1) is 10.6 Å². The number of hydrogen-bond acceptors (Lipinski definition) is 2. The lowest BCUT2D eigenvalue weighted by Gasteiger charge is -2.21. The predicted octanol–water partition coefficient (Wildman–Crippen LogP) is 4.67. The summed E-state index contributed by atoms with van der Waals surface area (Å²) >= 11 is 6.09. The van der Waals surface area contributed by atoms with Crippen LogP contribution in [0.4, 0.5) is 11.4 Å². The third-order valence-corrected chi connectivity index (χ3v) is 5.65. The number of nitrogens with zero attached hydrogens (tertiary/aromatic N) is 1. The van der Waals surface area contributed by atoms with E-state index in [4.69, 9.17) is 11.6 Å². The van der Waals surface area contributed by atoms with Crippen LogP contribution in [0.25, 0.3) is 0 Å². The first-order valence-electron chi connectivity index (χ1n) is 9.13. The van der Waals surface area contributed by atoms with Crippen LogP contribution in [0.2, 0.25) is 5.02 Å². The van der Waals surface area contributed by atoms with Gasteiger partial charge in [-0.3, -0.25) is 9.59 Å². The SMILES string of the molecule is O=C(Nc1ccc2c(c1)CCN2C(=O)C1CCCC1)c1ccccc1Cl. The van der Waals surface area contributed by atoms with Gasteiger partial charge in [-0.05, 0) is 55.2 Å². The van der Waals surface area contributed by atoms with Crippen molar-refractivity contribution < 1.29 is 9.59 Å². The summed E-state index contributed by atoms with van der Waals surface area (Å²) < 4.78 is 0. The zero-order chi connectivity index (χ0) is 18.1. The van der Waals surface area contributed by atoms with Gasteiger partial charge in [0.1, 0.15) is 0 Å². The molecule has 2 aromatic rings. The number of anilines is 2. The van der Waals surface area contributed by atoms with Crippen molar-refractivity contribution in [1.82, 2.24) is 0 Å². The van der Waals surface area contributed by atoms with Crippen molar-refractivity contribution in [1.29, 1.82) is 0 Å². The molecule has 2 amide bonds. The number of rotatable bonds is 3.